The van der Waals surface area contributed by atoms with E-state index in [-0.39, 0.29) is 5.91 Å². The van der Waals surface area contributed by atoms with Gasteiger partial charge in [-0.2, -0.15) is 0 Å². The van der Waals surface area contributed by atoms with Crippen LogP contribution in [0.15, 0.2) is 45.3 Å². The molecule has 0 unspecified atom stereocenters. The molecule has 1 aliphatic rings. The second kappa shape index (κ2) is 6.07. The Kier molecular flexibility index (Phi) is 4.17. The normalized spacial score (nSPS) is 12.9. The van der Waals surface area contributed by atoms with Crippen molar-refractivity contribution in [2.24, 2.45) is 0 Å². The highest BCUT2D eigenvalue weighted by molar-refractivity contribution is 9.10. The molecule has 0 radical (unpaired) electrons. The molecule has 3 rings (SSSR count). The van der Waals surface area contributed by atoms with E-state index in [1.807, 2.05) is 24.3 Å². The fraction of sp³-hybridized carbons (Fsp3) is 0.133. The Morgan fingerprint density at radius 3 is 2.29 bits per heavy atom. The Balaban J connectivity index is 1.85. The number of hydrogen-bond acceptors (Lipinski definition) is 3. The second-order valence-electron chi connectivity index (χ2n) is 4.44. The van der Waals surface area contributed by atoms with Crippen LogP contribution in [0.2, 0.25) is 0 Å². The van der Waals surface area contributed by atoms with Crippen molar-refractivity contribution in [1.82, 2.24) is 0 Å². The standard InChI is InChI=1S/C15H11Br2NO3/c16-9-1-3-10(4-2-9)18-15(19)11-7-13-14(8-12(11)17)21-6-5-20-13/h1-4,7-8H,5-6H2,(H,18,19). The van der Waals surface area contributed by atoms with Gasteiger partial charge in [-0.1, -0.05) is 15.9 Å². The zero-order chi connectivity index (χ0) is 14.8. The third-order valence-electron chi connectivity index (χ3n) is 2.98. The SMILES string of the molecule is O=C(Nc1ccc(Br)cc1)c1cc2c(cc1Br)OCCO2. The average Bonchev–Trinajstić information content (AvgIpc) is 2.49. The van der Waals surface area contributed by atoms with Crippen molar-refractivity contribution in [3.05, 3.63) is 50.9 Å². The van der Waals surface area contributed by atoms with Gasteiger partial charge in [0.1, 0.15) is 13.2 Å². The fourth-order valence-electron chi connectivity index (χ4n) is 1.97. The van der Waals surface area contributed by atoms with Gasteiger partial charge in [-0.05, 0) is 52.3 Å². The van der Waals surface area contributed by atoms with Crippen molar-refractivity contribution in [2.45, 2.75) is 0 Å². The summed E-state index contributed by atoms with van der Waals surface area (Å²) >= 11 is 6.76. The molecular weight excluding hydrogens is 402 g/mol. The lowest BCUT2D eigenvalue weighted by molar-refractivity contribution is 0.102. The summed E-state index contributed by atoms with van der Waals surface area (Å²) in [6, 6.07) is 10.8. The molecule has 21 heavy (non-hydrogen) atoms. The van der Waals surface area contributed by atoms with Gasteiger partial charge in [0.05, 0.1) is 5.56 Å². The van der Waals surface area contributed by atoms with E-state index >= 15 is 0 Å². The summed E-state index contributed by atoms with van der Waals surface area (Å²) < 4.78 is 12.6. The van der Waals surface area contributed by atoms with E-state index in [1.54, 1.807) is 12.1 Å². The van der Waals surface area contributed by atoms with Crippen LogP contribution in [0.1, 0.15) is 10.4 Å². The molecule has 0 spiro atoms. The highest BCUT2D eigenvalue weighted by Gasteiger charge is 2.18. The lowest BCUT2D eigenvalue weighted by atomic mass is 10.1. The molecule has 0 atom stereocenters. The monoisotopic (exact) mass is 411 g/mol. The van der Waals surface area contributed by atoms with E-state index in [2.05, 4.69) is 37.2 Å². The number of nitrogens with one attached hydrogen (secondary N) is 1. The number of rotatable bonds is 2. The summed E-state index contributed by atoms with van der Waals surface area (Å²) in [6.07, 6.45) is 0. The zero-order valence-electron chi connectivity index (χ0n) is 10.9. The third kappa shape index (κ3) is 3.22. The molecular formula is C15H11Br2NO3. The van der Waals surface area contributed by atoms with E-state index in [1.165, 1.54) is 0 Å². The lowest BCUT2D eigenvalue weighted by Crippen LogP contribution is -2.17. The molecule has 2 aromatic carbocycles. The Hall–Kier alpha value is -1.53. The van der Waals surface area contributed by atoms with Crippen LogP contribution in [0.4, 0.5) is 5.69 Å². The minimum absolute atomic E-state index is 0.207. The molecule has 6 heteroatoms. The molecule has 1 aliphatic heterocycles. The number of ether oxygens (including phenoxy) is 2. The molecule has 0 fully saturated rings. The molecule has 1 amide bonds. The quantitative estimate of drug-likeness (QED) is 0.802. The zero-order valence-corrected chi connectivity index (χ0v) is 14.0. The fourth-order valence-corrected chi connectivity index (χ4v) is 2.74. The van der Waals surface area contributed by atoms with Crippen molar-refractivity contribution >= 4 is 43.5 Å². The van der Waals surface area contributed by atoms with Crippen LogP contribution in [0, 0.1) is 0 Å². The summed E-state index contributed by atoms with van der Waals surface area (Å²) in [5.41, 5.74) is 1.23. The van der Waals surface area contributed by atoms with Gasteiger partial charge in [0.2, 0.25) is 0 Å². The van der Waals surface area contributed by atoms with Gasteiger partial charge in [0, 0.05) is 14.6 Å². The minimum atomic E-state index is -0.207. The van der Waals surface area contributed by atoms with Gasteiger partial charge in [0.15, 0.2) is 11.5 Å². The number of carbonyl (C=O) groups is 1. The van der Waals surface area contributed by atoms with Gasteiger partial charge in [-0.25, -0.2) is 0 Å². The Morgan fingerprint density at radius 2 is 1.62 bits per heavy atom. The maximum absolute atomic E-state index is 12.4. The highest BCUT2D eigenvalue weighted by atomic mass is 79.9. The van der Waals surface area contributed by atoms with Crippen molar-refractivity contribution < 1.29 is 14.3 Å². The summed E-state index contributed by atoms with van der Waals surface area (Å²) in [6.45, 7) is 1.01. The largest absolute Gasteiger partial charge is 0.486 e. The highest BCUT2D eigenvalue weighted by Crippen LogP contribution is 2.35. The number of carbonyl (C=O) groups excluding carboxylic acids is 1. The van der Waals surface area contributed by atoms with Gasteiger partial charge in [0.25, 0.3) is 5.91 Å². The molecule has 1 heterocycles. The van der Waals surface area contributed by atoms with Crippen LogP contribution in [-0.4, -0.2) is 19.1 Å². The maximum atomic E-state index is 12.4. The summed E-state index contributed by atoms with van der Waals surface area (Å²) in [5.74, 6) is 1.03. The van der Waals surface area contributed by atoms with Gasteiger partial charge >= 0.3 is 0 Å². The molecule has 4 nitrogen and oxygen atoms in total. The number of amides is 1. The molecule has 1 N–H and O–H groups in total. The minimum Gasteiger partial charge on any atom is -0.486 e. The molecule has 0 bridgehead atoms. The van der Waals surface area contributed by atoms with Crippen molar-refractivity contribution in [3.63, 3.8) is 0 Å². The number of hydrogen-bond donors (Lipinski definition) is 1. The number of benzene rings is 2. The number of anilines is 1. The molecule has 0 aliphatic carbocycles. The second-order valence-corrected chi connectivity index (χ2v) is 6.21. The smallest absolute Gasteiger partial charge is 0.256 e. The Labute approximate surface area is 138 Å². The van der Waals surface area contributed by atoms with Crippen LogP contribution in [0.25, 0.3) is 0 Å². The van der Waals surface area contributed by atoms with E-state index in [0.717, 1.165) is 10.2 Å². The van der Waals surface area contributed by atoms with E-state index in [0.29, 0.717) is 34.7 Å². The first-order valence-electron chi connectivity index (χ1n) is 6.29. The van der Waals surface area contributed by atoms with Crippen molar-refractivity contribution in [3.8, 4) is 11.5 Å². The molecule has 108 valence electrons. The van der Waals surface area contributed by atoms with E-state index in [9.17, 15) is 4.79 Å². The average molecular weight is 413 g/mol. The van der Waals surface area contributed by atoms with Gasteiger partial charge in [-0.3, -0.25) is 4.79 Å². The van der Waals surface area contributed by atoms with E-state index < -0.39 is 0 Å². The first kappa shape index (κ1) is 14.4. The van der Waals surface area contributed by atoms with Crippen molar-refractivity contribution in [1.29, 1.82) is 0 Å². The van der Waals surface area contributed by atoms with Crippen molar-refractivity contribution in [2.75, 3.05) is 18.5 Å². The number of halogens is 2. The lowest BCUT2D eigenvalue weighted by Gasteiger charge is -2.19. The molecule has 0 saturated heterocycles. The van der Waals surface area contributed by atoms with Crippen LogP contribution in [0.3, 0.4) is 0 Å². The Bertz CT molecular complexity index is 686. The Morgan fingerprint density at radius 1 is 1.00 bits per heavy atom. The summed E-state index contributed by atoms with van der Waals surface area (Å²) in [4.78, 5) is 12.4. The molecule has 0 saturated carbocycles. The third-order valence-corrected chi connectivity index (χ3v) is 4.16. The summed E-state index contributed by atoms with van der Waals surface area (Å²) in [7, 11) is 0. The topological polar surface area (TPSA) is 47.6 Å². The van der Waals surface area contributed by atoms with Crippen LogP contribution in [0.5, 0.6) is 11.5 Å². The first-order valence-corrected chi connectivity index (χ1v) is 7.88. The predicted octanol–water partition coefficient (Wildman–Crippen LogP) is 4.24. The van der Waals surface area contributed by atoms with Crippen LogP contribution < -0.4 is 14.8 Å². The number of fused-ring (bicyclic) bond motifs is 1. The first-order chi connectivity index (χ1) is 10.1. The molecule has 2 aromatic rings. The predicted molar refractivity (Wildman–Crippen MR) is 87.2 cm³/mol. The van der Waals surface area contributed by atoms with Gasteiger partial charge in [-0.15, -0.1) is 0 Å². The molecule has 0 aromatic heterocycles. The van der Waals surface area contributed by atoms with E-state index in [4.69, 9.17) is 9.47 Å². The maximum Gasteiger partial charge on any atom is 0.256 e. The van der Waals surface area contributed by atoms with Crippen LogP contribution >= 0.6 is 31.9 Å². The van der Waals surface area contributed by atoms with Crippen LogP contribution in [-0.2, 0) is 0 Å². The van der Waals surface area contributed by atoms with Gasteiger partial charge < -0.3 is 14.8 Å². The summed E-state index contributed by atoms with van der Waals surface area (Å²) in [5, 5.41) is 2.85.